The Morgan fingerprint density at radius 3 is 1.74 bits per heavy atom. The second-order valence-corrected chi connectivity index (χ2v) is 7.74. The molecule has 0 aromatic rings. The SMILES string of the molecule is CCCCCCCCCCCCCCCC(=O)[C@H](O)[C@H]1OC(=O)[C@@H](O)[C@H]1O. The van der Waals surface area contributed by atoms with Crippen molar-refractivity contribution in [1.29, 1.82) is 0 Å². The number of ketones is 1. The number of aliphatic hydroxyl groups is 3. The van der Waals surface area contributed by atoms with Crippen LogP contribution in [-0.2, 0) is 14.3 Å². The van der Waals surface area contributed by atoms with Crippen molar-refractivity contribution < 1.29 is 29.6 Å². The minimum Gasteiger partial charge on any atom is -0.454 e. The zero-order valence-electron chi connectivity index (χ0n) is 16.8. The van der Waals surface area contributed by atoms with E-state index in [1.54, 1.807) is 0 Å². The maximum Gasteiger partial charge on any atom is 0.338 e. The molecule has 6 nitrogen and oxygen atoms in total. The molecule has 0 amide bonds. The first kappa shape index (κ1) is 24.1. The van der Waals surface area contributed by atoms with Gasteiger partial charge in [0.25, 0.3) is 0 Å². The molecule has 3 N–H and O–H groups in total. The largest absolute Gasteiger partial charge is 0.454 e. The number of rotatable bonds is 16. The fourth-order valence-corrected chi connectivity index (χ4v) is 3.49. The van der Waals surface area contributed by atoms with Gasteiger partial charge in [-0.25, -0.2) is 4.79 Å². The third kappa shape index (κ3) is 9.17. The highest BCUT2D eigenvalue weighted by Gasteiger charge is 2.47. The number of esters is 1. The minimum absolute atomic E-state index is 0.190. The lowest BCUT2D eigenvalue weighted by atomic mass is 9.98. The first-order valence-electron chi connectivity index (χ1n) is 10.8. The summed E-state index contributed by atoms with van der Waals surface area (Å²) in [6.45, 7) is 2.24. The summed E-state index contributed by atoms with van der Waals surface area (Å²) in [6, 6.07) is 0. The fraction of sp³-hybridized carbons (Fsp3) is 0.905. The van der Waals surface area contributed by atoms with Gasteiger partial charge in [0.1, 0.15) is 6.10 Å². The lowest BCUT2D eigenvalue weighted by Crippen LogP contribution is -2.42. The second kappa shape index (κ2) is 14.1. The van der Waals surface area contributed by atoms with Gasteiger partial charge < -0.3 is 20.1 Å². The summed E-state index contributed by atoms with van der Waals surface area (Å²) in [4.78, 5) is 23.1. The minimum atomic E-state index is -1.69. The molecule has 1 saturated heterocycles. The number of hydrogen-bond acceptors (Lipinski definition) is 6. The molecular formula is C21H38O6. The summed E-state index contributed by atoms with van der Waals surface area (Å²) in [5, 5.41) is 28.9. The Balaban J connectivity index is 1.96. The Labute approximate surface area is 163 Å². The van der Waals surface area contributed by atoms with Gasteiger partial charge in [0, 0.05) is 6.42 Å². The van der Waals surface area contributed by atoms with Crippen LogP contribution < -0.4 is 0 Å². The van der Waals surface area contributed by atoms with E-state index in [1.165, 1.54) is 57.8 Å². The van der Waals surface area contributed by atoms with Crippen LogP contribution in [0.3, 0.4) is 0 Å². The number of aliphatic hydroxyl groups excluding tert-OH is 3. The number of ether oxygens (including phenoxy) is 1. The highest BCUT2D eigenvalue weighted by Crippen LogP contribution is 2.21. The van der Waals surface area contributed by atoms with Crippen LogP contribution >= 0.6 is 0 Å². The molecule has 1 rings (SSSR count). The molecule has 0 aromatic carbocycles. The van der Waals surface area contributed by atoms with Gasteiger partial charge in [-0.3, -0.25) is 4.79 Å². The Hall–Kier alpha value is -0.980. The lowest BCUT2D eigenvalue weighted by Gasteiger charge is -2.18. The van der Waals surface area contributed by atoms with Gasteiger partial charge in [-0.15, -0.1) is 0 Å². The predicted molar refractivity (Wildman–Crippen MR) is 103 cm³/mol. The third-order valence-corrected chi connectivity index (χ3v) is 5.32. The van der Waals surface area contributed by atoms with E-state index >= 15 is 0 Å². The van der Waals surface area contributed by atoms with Crippen LogP contribution in [0.15, 0.2) is 0 Å². The second-order valence-electron chi connectivity index (χ2n) is 7.74. The molecule has 0 aliphatic carbocycles. The summed E-state index contributed by atoms with van der Waals surface area (Å²) in [5.74, 6) is -1.45. The Morgan fingerprint density at radius 2 is 1.33 bits per heavy atom. The maximum absolute atomic E-state index is 12.0. The van der Waals surface area contributed by atoms with Gasteiger partial charge in [-0.05, 0) is 6.42 Å². The number of carbonyl (C=O) groups is 2. The van der Waals surface area contributed by atoms with E-state index in [1.807, 2.05) is 0 Å². The van der Waals surface area contributed by atoms with Crippen molar-refractivity contribution in [2.75, 3.05) is 0 Å². The number of Topliss-reactive ketones (excluding diaryl/α,β-unsaturated/α-hetero) is 1. The topological polar surface area (TPSA) is 104 Å². The number of cyclic esters (lactones) is 1. The number of hydrogen-bond donors (Lipinski definition) is 3. The molecule has 1 fully saturated rings. The quantitative estimate of drug-likeness (QED) is 0.278. The van der Waals surface area contributed by atoms with Gasteiger partial charge in [0.15, 0.2) is 24.1 Å². The lowest BCUT2D eigenvalue weighted by molar-refractivity contribution is -0.153. The highest BCUT2D eigenvalue weighted by atomic mass is 16.6. The van der Waals surface area contributed by atoms with Crippen molar-refractivity contribution in [2.24, 2.45) is 0 Å². The van der Waals surface area contributed by atoms with E-state index in [2.05, 4.69) is 11.7 Å². The normalized spacial score (nSPS) is 23.4. The molecule has 0 bridgehead atoms. The molecule has 6 heteroatoms. The summed E-state index contributed by atoms with van der Waals surface area (Å²) in [7, 11) is 0. The number of unbranched alkanes of at least 4 members (excludes halogenated alkanes) is 12. The van der Waals surface area contributed by atoms with Gasteiger partial charge in [-0.2, -0.15) is 0 Å². The molecule has 1 heterocycles. The van der Waals surface area contributed by atoms with Gasteiger partial charge >= 0.3 is 5.97 Å². The van der Waals surface area contributed by atoms with Crippen LogP contribution in [0.1, 0.15) is 96.8 Å². The summed E-state index contributed by atoms with van der Waals surface area (Å²) in [5.41, 5.74) is 0. The van der Waals surface area contributed by atoms with Crippen LogP contribution in [-0.4, -0.2) is 51.5 Å². The Morgan fingerprint density at radius 1 is 0.889 bits per heavy atom. The molecule has 4 atom stereocenters. The zero-order chi connectivity index (χ0) is 20.1. The Kier molecular flexibility index (Phi) is 12.5. The van der Waals surface area contributed by atoms with Crippen LogP contribution in [0, 0.1) is 0 Å². The molecule has 0 radical (unpaired) electrons. The van der Waals surface area contributed by atoms with Gasteiger partial charge in [0.05, 0.1) is 0 Å². The molecule has 158 valence electrons. The summed E-state index contributed by atoms with van der Waals surface area (Å²) >= 11 is 0. The van der Waals surface area contributed by atoms with Gasteiger partial charge in [0.2, 0.25) is 0 Å². The van der Waals surface area contributed by atoms with Crippen LogP contribution in [0.5, 0.6) is 0 Å². The first-order valence-corrected chi connectivity index (χ1v) is 10.8. The zero-order valence-corrected chi connectivity index (χ0v) is 16.8. The van der Waals surface area contributed by atoms with Crippen LogP contribution in [0.2, 0.25) is 0 Å². The monoisotopic (exact) mass is 386 g/mol. The maximum atomic E-state index is 12.0. The molecule has 0 unspecified atom stereocenters. The van der Waals surface area contributed by atoms with Crippen molar-refractivity contribution >= 4 is 11.8 Å². The van der Waals surface area contributed by atoms with E-state index in [-0.39, 0.29) is 6.42 Å². The smallest absolute Gasteiger partial charge is 0.338 e. The molecule has 0 spiro atoms. The van der Waals surface area contributed by atoms with E-state index < -0.39 is 36.2 Å². The first-order chi connectivity index (χ1) is 13.0. The van der Waals surface area contributed by atoms with Crippen LogP contribution in [0.25, 0.3) is 0 Å². The van der Waals surface area contributed by atoms with Crippen LogP contribution in [0.4, 0.5) is 0 Å². The predicted octanol–water partition coefficient (Wildman–Crippen LogP) is 3.04. The van der Waals surface area contributed by atoms with E-state index in [9.17, 15) is 24.9 Å². The molecule has 27 heavy (non-hydrogen) atoms. The molecule has 0 aromatic heterocycles. The Bertz CT molecular complexity index is 425. The average Bonchev–Trinajstić information content (AvgIpc) is 2.92. The van der Waals surface area contributed by atoms with Gasteiger partial charge in [-0.1, -0.05) is 84.0 Å². The molecule has 1 aliphatic heterocycles. The summed E-state index contributed by atoms with van der Waals surface area (Å²) < 4.78 is 4.68. The fourth-order valence-electron chi connectivity index (χ4n) is 3.49. The molecule has 1 aliphatic rings. The number of carbonyl (C=O) groups excluding carboxylic acids is 2. The van der Waals surface area contributed by atoms with E-state index in [0.29, 0.717) is 6.42 Å². The standard InChI is InChI=1S/C21H38O6/c1-2-3-4-5-6-7-8-9-10-11-12-13-14-15-16(22)17(23)20-18(24)19(25)21(26)27-20/h17-20,23-25H,2-15H2,1H3/t17-,18+,19-,20+/m0/s1. The highest BCUT2D eigenvalue weighted by molar-refractivity contribution is 5.85. The van der Waals surface area contributed by atoms with Crippen molar-refractivity contribution in [3.63, 3.8) is 0 Å². The van der Waals surface area contributed by atoms with E-state index in [4.69, 9.17) is 0 Å². The third-order valence-electron chi connectivity index (χ3n) is 5.32. The van der Waals surface area contributed by atoms with Crippen molar-refractivity contribution in [2.45, 2.75) is 121 Å². The van der Waals surface area contributed by atoms with E-state index in [0.717, 1.165) is 19.3 Å². The van der Waals surface area contributed by atoms with Crippen molar-refractivity contribution in [3.8, 4) is 0 Å². The van der Waals surface area contributed by atoms with Crippen molar-refractivity contribution in [3.05, 3.63) is 0 Å². The average molecular weight is 387 g/mol. The van der Waals surface area contributed by atoms with Crippen molar-refractivity contribution in [1.82, 2.24) is 0 Å². The molecule has 0 saturated carbocycles. The molecular weight excluding hydrogens is 348 g/mol. The summed E-state index contributed by atoms with van der Waals surface area (Å²) in [6.07, 6.45) is 9.74.